The number of hydrogen-bond acceptors (Lipinski definition) is 4. The van der Waals surface area contributed by atoms with Gasteiger partial charge in [0.15, 0.2) is 0 Å². The predicted molar refractivity (Wildman–Crippen MR) is 151 cm³/mol. The van der Waals surface area contributed by atoms with Crippen molar-refractivity contribution < 1.29 is 18.6 Å². The van der Waals surface area contributed by atoms with Gasteiger partial charge in [0.1, 0.15) is 0 Å². The summed E-state index contributed by atoms with van der Waals surface area (Å²) in [6.07, 6.45) is 2.10. The van der Waals surface area contributed by atoms with E-state index >= 15 is 0 Å². The summed E-state index contributed by atoms with van der Waals surface area (Å²) in [6, 6.07) is 17.5. The number of fused-ring (bicyclic) bond motifs is 2. The summed E-state index contributed by atoms with van der Waals surface area (Å²) >= 11 is 0. The Morgan fingerprint density at radius 2 is 1.03 bits per heavy atom. The molecule has 0 aromatic heterocycles. The second-order valence-corrected chi connectivity index (χ2v) is 12.9. The second-order valence-electron chi connectivity index (χ2n) is 12.9. The highest BCUT2D eigenvalue weighted by Gasteiger charge is 2.54. The molecule has 3 aromatic rings. The molecule has 2 fully saturated rings. The van der Waals surface area contributed by atoms with Gasteiger partial charge in [0.25, 0.3) is 0 Å². The summed E-state index contributed by atoms with van der Waals surface area (Å²) < 4.78 is 25.6. The van der Waals surface area contributed by atoms with Gasteiger partial charge >= 0.3 is 14.2 Å². The van der Waals surface area contributed by atoms with Crippen molar-refractivity contribution in [3.05, 3.63) is 48.5 Å². The fraction of sp³-hybridized carbons (Fsp3) is 0.533. The molecule has 0 N–H and O–H groups in total. The molecule has 2 aliphatic heterocycles. The minimum Gasteiger partial charge on any atom is -0.399 e. The largest absolute Gasteiger partial charge is 0.494 e. The van der Waals surface area contributed by atoms with Crippen LogP contribution in [-0.4, -0.2) is 36.6 Å². The first kappa shape index (κ1) is 25.8. The Morgan fingerprint density at radius 1 is 0.583 bits per heavy atom. The van der Waals surface area contributed by atoms with Crippen molar-refractivity contribution >= 4 is 46.7 Å². The zero-order chi connectivity index (χ0) is 26.1. The van der Waals surface area contributed by atoms with E-state index < -0.39 is 0 Å². The first-order valence-electron chi connectivity index (χ1n) is 13.4. The van der Waals surface area contributed by atoms with E-state index in [1.165, 1.54) is 21.5 Å². The zero-order valence-electron chi connectivity index (χ0n) is 23.4. The van der Waals surface area contributed by atoms with Gasteiger partial charge in [-0.25, -0.2) is 0 Å². The van der Waals surface area contributed by atoms with Crippen LogP contribution in [0.5, 0.6) is 0 Å². The van der Waals surface area contributed by atoms with E-state index in [4.69, 9.17) is 18.6 Å². The average molecular weight is 486 g/mol. The Bertz CT molecular complexity index is 1280. The van der Waals surface area contributed by atoms with E-state index in [9.17, 15) is 0 Å². The van der Waals surface area contributed by atoms with Crippen LogP contribution in [0.3, 0.4) is 0 Å². The van der Waals surface area contributed by atoms with Crippen LogP contribution < -0.4 is 10.9 Å². The molecule has 3 aromatic carbocycles. The van der Waals surface area contributed by atoms with Crippen molar-refractivity contribution in [3.8, 4) is 0 Å². The predicted octanol–water partition coefficient (Wildman–Crippen LogP) is 6.01. The van der Waals surface area contributed by atoms with Crippen LogP contribution in [-0.2, 0) is 18.6 Å². The topological polar surface area (TPSA) is 36.9 Å². The quantitative estimate of drug-likeness (QED) is 0.327. The summed E-state index contributed by atoms with van der Waals surface area (Å²) in [7, 11) is -0.717. The van der Waals surface area contributed by atoms with Crippen molar-refractivity contribution in [2.45, 2.75) is 97.6 Å². The molecule has 4 nitrogen and oxygen atoms in total. The summed E-state index contributed by atoms with van der Waals surface area (Å²) in [5.74, 6) is 0.638. The van der Waals surface area contributed by atoms with Crippen LogP contribution in [0.15, 0.2) is 48.5 Å². The zero-order valence-corrected chi connectivity index (χ0v) is 23.4. The molecule has 190 valence electrons. The van der Waals surface area contributed by atoms with E-state index in [2.05, 4.69) is 111 Å². The molecule has 0 saturated carbocycles. The standard InChI is InChI=1S/C30H40B2O4/c1-20(2)14-15-30(9)29(7,8)35-32(36-30)26-13-11-22-16-23-18-25(12-10-21(23)17-24(22)19-26)31-33-27(3,4)28(5,6)34-31/h10-13,16-20H,14-15H2,1-9H3. The Morgan fingerprint density at radius 3 is 1.50 bits per heavy atom. The van der Waals surface area contributed by atoms with Gasteiger partial charge in [0.2, 0.25) is 0 Å². The molecule has 2 heterocycles. The van der Waals surface area contributed by atoms with E-state index in [0.29, 0.717) is 5.92 Å². The molecule has 0 bridgehead atoms. The molecule has 5 rings (SSSR count). The number of hydrogen-bond donors (Lipinski definition) is 0. The lowest BCUT2D eigenvalue weighted by atomic mass is 9.77. The maximum Gasteiger partial charge on any atom is 0.494 e. The highest BCUT2D eigenvalue weighted by molar-refractivity contribution is 6.63. The maximum absolute atomic E-state index is 6.59. The number of benzene rings is 3. The minimum atomic E-state index is -0.359. The van der Waals surface area contributed by atoms with E-state index in [1.807, 2.05) is 0 Å². The van der Waals surface area contributed by atoms with Crippen molar-refractivity contribution in [3.63, 3.8) is 0 Å². The molecule has 1 atom stereocenters. The van der Waals surface area contributed by atoms with Crippen LogP contribution in [0.4, 0.5) is 0 Å². The van der Waals surface area contributed by atoms with Gasteiger partial charge in [-0.05, 0) is 112 Å². The molecule has 2 saturated heterocycles. The van der Waals surface area contributed by atoms with Crippen LogP contribution in [0.1, 0.15) is 75.2 Å². The molecule has 2 aliphatic rings. The Balaban J connectivity index is 1.42. The lowest BCUT2D eigenvalue weighted by molar-refractivity contribution is -0.0189. The van der Waals surface area contributed by atoms with E-state index in [1.54, 1.807) is 0 Å². The van der Waals surface area contributed by atoms with Crippen LogP contribution in [0.2, 0.25) is 0 Å². The second kappa shape index (κ2) is 8.59. The fourth-order valence-corrected chi connectivity index (χ4v) is 5.16. The van der Waals surface area contributed by atoms with Crippen molar-refractivity contribution in [1.29, 1.82) is 0 Å². The molecule has 6 heteroatoms. The minimum absolute atomic E-state index is 0.315. The van der Waals surface area contributed by atoms with Crippen molar-refractivity contribution in [1.82, 2.24) is 0 Å². The van der Waals surface area contributed by atoms with Gasteiger partial charge in [-0.2, -0.15) is 0 Å². The van der Waals surface area contributed by atoms with Gasteiger partial charge < -0.3 is 18.6 Å². The molecule has 1 unspecified atom stereocenters. The molecular formula is C30H40B2O4. The third-order valence-electron chi connectivity index (χ3n) is 8.88. The molecule has 0 aliphatic carbocycles. The summed E-state index contributed by atoms with van der Waals surface area (Å²) in [5, 5.41) is 4.75. The Hall–Kier alpha value is -1.85. The Kier molecular flexibility index (Phi) is 6.15. The van der Waals surface area contributed by atoms with E-state index in [-0.39, 0.29) is 36.6 Å². The van der Waals surface area contributed by atoms with Crippen LogP contribution >= 0.6 is 0 Å². The van der Waals surface area contributed by atoms with Gasteiger partial charge in [-0.3, -0.25) is 0 Å². The monoisotopic (exact) mass is 486 g/mol. The lowest BCUT2D eigenvalue weighted by Gasteiger charge is -2.37. The maximum atomic E-state index is 6.59. The highest BCUT2D eigenvalue weighted by atomic mass is 16.7. The molecule has 0 amide bonds. The molecule has 36 heavy (non-hydrogen) atoms. The average Bonchev–Trinajstić information content (AvgIpc) is 3.16. The van der Waals surface area contributed by atoms with Crippen LogP contribution in [0.25, 0.3) is 21.5 Å². The van der Waals surface area contributed by atoms with Crippen LogP contribution in [0, 0.1) is 5.92 Å². The third kappa shape index (κ3) is 4.41. The Labute approximate surface area is 217 Å². The fourth-order valence-electron chi connectivity index (χ4n) is 5.16. The third-order valence-corrected chi connectivity index (χ3v) is 8.88. The van der Waals surface area contributed by atoms with Crippen molar-refractivity contribution in [2.24, 2.45) is 5.92 Å². The smallest absolute Gasteiger partial charge is 0.399 e. The highest BCUT2D eigenvalue weighted by Crippen LogP contribution is 2.41. The van der Waals surface area contributed by atoms with Gasteiger partial charge in [0.05, 0.1) is 22.4 Å². The SMILES string of the molecule is CC(C)CCC1(C)OB(c2ccc3cc4cc(B5OC(C)(C)C(C)(C)O5)ccc4cc3c2)OC1(C)C. The van der Waals surface area contributed by atoms with Gasteiger partial charge in [0, 0.05) is 0 Å². The summed E-state index contributed by atoms with van der Waals surface area (Å²) in [4.78, 5) is 0. The first-order chi connectivity index (χ1) is 16.7. The normalized spacial score (nSPS) is 24.9. The summed E-state index contributed by atoms with van der Waals surface area (Å²) in [5.41, 5.74) is 0.746. The molecule has 0 spiro atoms. The first-order valence-corrected chi connectivity index (χ1v) is 13.4. The van der Waals surface area contributed by atoms with E-state index in [0.717, 1.165) is 23.8 Å². The van der Waals surface area contributed by atoms with Crippen molar-refractivity contribution in [2.75, 3.05) is 0 Å². The van der Waals surface area contributed by atoms with Gasteiger partial charge in [-0.1, -0.05) is 50.2 Å². The molecular weight excluding hydrogens is 446 g/mol. The molecule has 0 radical (unpaired) electrons. The lowest BCUT2D eigenvalue weighted by Crippen LogP contribution is -2.44. The van der Waals surface area contributed by atoms with Gasteiger partial charge in [-0.15, -0.1) is 0 Å². The summed E-state index contributed by atoms with van der Waals surface area (Å²) in [6.45, 7) is 19.4. The number of rotatable bonds is 5.